The molecule has 0 aliphatic rings. The first kappa shape index (κ1) is 15.5. The molecular weight excluding hydrogens is 278 g/mol. The lowest BCUT2D eigenvalue weighted by Crippen LogP contribution is -2.27. The number of hydrogen-bond donors (Lipinski definition) is 2. The highest BCUT2D eigenvalue weighted by Crippen LogP contribution is 2.13. The highest BCUT2D eigenvalue weighted by Gasteiger charge is 2.05. The first-order chi connectivity index (χ1) is 10.7. The van der Waals surface area contributed by atoms with Gasteiger partial charge in [0.2, 0.25) is 5.91 Å². The molecule has 0 saturated heterocycles. The lowest BCUT2D eigenvalue weighted by molar-refractivity contribution is -0.115. The summed E-state index contributed by atoms with van der Waals surface area (Å²) in [5, 5.41) is 14.8. The highest BCUT2D eigenvalue weighted by molar-refractivity contribution is 5.93. The lowest BCUT2D eigenvalue weighted by atomic mass is 10.2. The van der Waals surface area contributed by atoms with Crippen molar-refractivity contribution in [2.45, 2.75) is 6.54 Å². The average molecular weight is 295 g/mol. The van der Waals surface area contributed by atoms with Gasteiger partial charge in [-0.15, -0.1) is 0 Å². The summed E-state index contributed by atoms with van der Waals surface area (Å²) in [6, 6.07) is 16.6. The van der Waals surface area contributed by atoms with Crippen LogP contribution in [0.25, 0.3) is 0 Å². The van der Waals surface area contributed by atoms with Gasteiger partial charge in [0.1, 0.15) is 11.8 Å². The fourth-order valence-electron chi connectivity index (χ4n) is 1.95. The normalized spacial score (nSPS) is 9.82. The van der Waals surface area contributed by atoms with Gasteiger partial charge in [-0.2, -0.15) is 5.26 Å². The van der Waals surface area contributed by atoms with Crippen LogP contribution in [0, 0.1) is 11.3 Å². The second kappa shape index (κ2) is 7.81. The molecule has 5 nitrogen and oxygen atoms in total. The van der Waals surface area contributed by atoms with Crippen LogP contribution in [0.4, 0.5) is 5.69 Å². The fourth-order valence-corrected chi connectivity index (χ4v) is 1.95. The Kier molecular flexibility index (Phi) is 5.52. The summed E-state index contributed by atoms with van der Waals surface area (Å²) in [6.07, 6.45) is 0. The summed E-state index contributed by atoms with van der Waals surface area (Å²) in [6.45, 7) is 0.753. The van der Waals surface area contributed by atoms with Gasteiger partial charge in [-0.1, -0.05) is 24.3 Å². The van der Waals surface area contributed by atoms with Gasteiger partial charge in [0.05, 0.1) is 24.9 Å². The quantitative estimate of drug-likeness (QED) is 0.857. The topological polar surface area (TPSA) is 74.2 Å². The Morgan fingerprint density at radius 1 is 1.18 bits per heavy atom. The minimum Gasteiger partial charge on any atom is -0.497 e. The maximum absolute atomic E-state index is 11.9. The molecule has 0 radical (unpaired) electrons. The number of nitrogens with zero attached hydrogens (tertiary/aromatic N) is 1. The second-order valence-corrected chi connectivity index (χ2v) is 4.66. The molecule has 5 heteroatoms. The summed E-state index contributed by atoms with van der Waals surface area (Å²) in [5.41, 5.74) is 2.04. The van der Waals surface area contributed by atoms with Gasteiger partial charge in [-0.3, -0.25) is 4.79 Å². The minimum atomic E-state index is -0.184. The highest BCUT2D eigenvalue weighted by atomic mass is 16.5. The van der Waals surface area contributed by atoms with E-state index in [0.717, 1.165) is 11.3 Å². The molecule has 0 spiro atoms. The Morgan fingerprint density at radius 2 is 1.91 bits per heavy atom. The molecule has 22 heavy (non-hydrogen) atoms. The summed E-state index contributed by atoms with van der Waals surface area (Å²) in [7, 11) is 1.62. The number of rotatable bonds is 6. The number of anilines is 1. The number of carbonyl (C=O) groups is 1. The van der Waals surface area contributed by atoms with Gasteiger partial charge in [0, 0.05) is 6.54 Å². The van der Waals surface area contributed by atoms with Crippen molar-refractivity contribution in [2.24, 2.45) is 0 Å². The van der Waals surface area contributed by atoms with E-state index in [1.54, 1.807) is 31.4 Å². The van der Waals surface area contributed by atoms with Gasteiger partial charge >= 0.3 is 0 Å². The molecule has 0 bridgehead atoms. The van der Waals surface area contributed by atoms with Crippen LogP contribution in [0.2, 0.25) is 0 Å². The van der Waals surface area contributed by atoms with E-state index in [4.69, 9.17) is 10.00 Å². The number of hydrogen-bond acceptors (Lipinski definition) is 4. The third kappa shape index (κ3) is 4.33. The van der Waals surface area contributed by atoms with Gasteiger partial charge in [0.25, 0.3) is 0 Å². The van der Waals surface area contributed by atoms with Crippen molar-refractivity contribution in [3.05, 3.63) is 59.7 Å². The predicted molar refractivity (Wildman–Crippen MR) is 84.5 cm³/mol. The van der Waals surface area contributed by atoms with Gasteiger partial charge in [-0.05, 0) is 29.8 Å². The molecule has 0 aliphatic carbocycles. The summed E-state index contributed by atoms with van der Waals surface area (Å²) in [4.78, 5) is 11.9. The van der Waals surface area contributed by atoms with E-state index in [1.807, 2.05) is 30.3 Å². The minimum absolute atomic E-state index is 0.172. The number of carbonyl (C=O) groups excluding carboxylic acids is 1. The number of para-hydroxylation sites is 1. The summed E-state index contributed by atoms with van der Waals surface area (Å²) < 4.78 is 5.09. The van der Waals surface area contributed by atoms with Crippen molar-refractivity contribution in [2.75, 3.05) is 19.0 Å². The zero-order valence-electron chi connectivity index (χ0n) is 12.3. The zero-order valence-corrected chi connectivity index (χ0v) is 12.3. The Balaban J connectivity index is 1.81. The number of benzene rings is 2. The van der Waals surface area contributed by atoms with Crippen molar-refractivity contribution in [1.29, 1.82) is 5.26 Å². The van der Waals surface area contributed by atoms with Gasteiger partial charge < -0.3 is 15.4 Å². The smallest absolute Gasteiger partial charge is 0.238 e. The molecule has 0 unspecified atom stereocenters. The first-order valence-electron chi connectivity index (χ1n) is 6.85. The Bertz CT molecular complexity index is 675. The Labute approximate surface area is 129 Å². The third-order valence-corrected chi connectivity index (χ3v) is 3.10. The maximum Gasteiger partial charge on any atom is 0.238 e. The number of nitrogens with one attached hydrogen (secondary N) is 2. The largest absolute Gasteiger partial charge is 0.497 e. The van der Waals surface area contributed by atoms with Crippen molar-refractivity contribution in [3.8, 4) is 11.8 Å². The SMILES string of the molecule is COc1ccc(CNCC(=O)Nc2ccccc2C#N)cc1. The molecule has 2 rings (SSSR count). The van der Waals surface area contributed by atoms with Crippen LogP contribution >= 0.6 is 0 Å². The van der Waals surface area contributed by atoms with Crippen molar-refractivity contribution in [3.63, 3.8) is 0 Å². The monoisotopic (exact) mass is 295 g/mol. The van der Waals surface area contributed by atoms with E-state index in [1.165, 1.54) is 0 Å². The van der Waals surface area contributed by atoms with Crippen LogP contribution in [-0.4, -0.2) is 19.6 Å². The standard InChI is InChI=1S/C17H17N3O2/c1-22-15-8-6-13(7-9-15)11-19-12-17(21)20-16-5-3-2-4-14(16)10-18/h2-9,19H,11-12H2,1H3,(H,20,21). The van der Waals surface area contributed by atoms with Gasteiger partial charge in [-0.25, -0.2) is 0 Å². The van der Waals surface area contributed by atoms with Crippen LogP contribution < -0.4 is 15.4 Å². The molecule has 2 aromatic carbocycles. The zero-order chi connectivity index (χ0) is 15.8. The average Bonchev–Trinajstić information content (AvgIpc) is 2.56. The van der Waals surface area contributed by atoms with E-state index in [9.17, 15) is 4.79 Å². The predicted octanol–water partition coefficient (Wildman–Crippen LogP) is 2.30. The van der Waals surface area contributed by atoms with E-state index in [-0.39, 0.29) is 12.5 Å². The molecule has 0 aliphatic heterocycles. The van der Waals surface area contributed by atoms with Crippen LogP contribution in [-0.2, 0) is 11.3 Å². The summed E-state index contributed by atoms with van der Waals surface area (Å²) >= 11 is 0. The van der Waals surface area contributed by atoms with Crippen molar-refractivity contribution in [1.82, 2.24) is 5.32 Å². The molecule has 0 saturated carbocycles. The van der Waals surface area contributed by atoms with Crippen LogP contribution in [0.5, 0.6) is 5.75 Å². The van der Waals surface area contributed by atoms with Gasteiger partial charge in [0.15, 0.2) is 0 Å². The van der Waals surface area contributed by atoms with Crippen molar-refractivity contribution < 1.29 is 9.53 Å². The van der Waals surface area contributed by atoms with Crippen LogP contribution in [0.15, 0.2) is 48.5 Å². The molecule has 112 valence electrons. The molecular formula is C17H17N3O2. The Morgan fingerprint density at radius 3 is 2.59 bits per heavy atom. The summed E-state index contributed by atoms with van der Waals surface area (Å²) in [5.74, 6) is 0.616. The van der Waals surface area contributed by atoms with E-state index >= 15 is 0 Å². The lowest BCUT2D eigenvalue weighted by Gasteiger charge is -2.08. The van der Waals surface area contributed by atoms with E-state index in [2.05, 4.69) is 10.6 Å². The second-order valence-electron chi connectivity index (χ2n) is 4.66. The van der Waals surface area contributed by atoms with E-state index in [0.29, 0.717) is 17.8 Å². The number of amides is 1. The molecule has 0 aromatic heterocycles. The molecule has 0 heterocycles. The number of ether oxygens (including phenoxy) is 1. The van der Waals surface area contributed by atoms with Crippen molar-refractivity contribution >= 4 is 11.6 Å². The van der Waals surface area contributed by atoms with Crippen LogP contribution in [0.1, 0.15) is 11.1 Å². The third-order valence-electron chi connectivity index (χ3n) is 3.10. The Hall–Kier alpha value is -2.84. The molecule has 2 aromatic rings. The number of nitriles is 1. The molecule has 0 atom stereocenters. The number of methoxy groups -OCH3 is 1. The molecule has 2 N–H and O–H groups in total. The van der Waals surface area contributed by atoms with Crippen LogP contribution in [0.3, 0.4) is 0 Å². The molecule has 0 fully saturated rings. The molecule has 1 amide bonds. The maximum atomic E-state index is 11.9. The van der Waals surface area contributed by atoms with E-state index < -0.39 is 0 Å². The fraction of sp³-hybridized carbons (Fsp3) is 0.176. The first-order valence-corrected chi connectivity index (χ1v) is 6.85.